The van der Waals surface area contributed by atoms with Crippen LogP contribution in [0.4, 0.5) is 0 Å². The van der Waals surface area contributed by atoms with E-state index in [0.717, 1.165) is 19.4 Å². The zero-order chi connectivity index (χ0) is 16.4. The lowest BCUT2D eigenvalue weighted by atomic mass is 9.92. The molecular formula is C19H27N3O. The molecule has 1 heterocycles. The Morgan fingerprint density at radius 2 is 2.00 bits per heavy atom. The Bertz CT molecular complexity index is 667. The molecule has 0 fully saturated rings. The van der Waals surface area contributed by atoms with Gasteiger partial charge in [-0.1, -0.05) is 17.7 Å². The number of rotatable bonds is 5. The van der Waals surface area contributed by atoms with Gasteiger partial charge in [0.25, 0.3) is 0 Å². The molecule has 1 aliphatic rings. The second-order valence-corrected chi connectivity index (χ2v) is 6.70. The summed E-state index contributed by atoms with van der Waals surface area (Å²) in [6.07, 6.45) is 5.38. The first-order valence-electron chi connectivity index (χ1n) is 8.55. The second-order valence-electron chi connectivity index (χ2n) is 6.70. The van der Waals surface area contributed by atoms with Crippen LogP contribution >= 0.6 is 0 Å². The van der Waals surface area contributed by atoms with Crippen LogP contribution in [0.3, 0.4) is 0 Å². The van der Waals surface area contributed by atoms with Crippen molar-refractivity contribution in [3.8, 4) is 0 Å². The summed E-state index contributed by atoms with van der Waals surface area (Å²) in [7, 11) is 0. The van der Waals surface area contributed by atoms with E-state index in [1.165, 1.54) is 39.9 Å². The summed E-state index contributed by atoms with van der Waals surface area (Å²) in [6.45, 7) is 8.19. The second kappa shape index (κ2) is 6.85. The zero-order valence-electron chi connectivity index (χ0n) is 14.4. The van der Waals surface area contributed by atoms with Crippen LogP contribution in [-0.4, -0.2) is 21.5 Å². The number of nitrogens with one attached hydrogen (secondary N) is 1. The fourth-order valence-corrected chi connectivity index (χ4v) is 3.83. The molecule has 1 aromatic carbocycles. The summed E-state index contributed by atoms with van der Waals surface area (Å²) >= 11 is 0. The first kappa shape index (κ1) is 16.2. The summed E-state index contributed by atoms with van der Waals surface area (Å²) in [5.41, 5.74) is 8.07. The number of benzene rings is 1. The number of aromatic nitrogens is 2. The minimum absolute atomic E-state index is 0.147. The molecule has 3 rings (SSSR count). The molecule has 2 N–H and O–H groups in total. The van der Waals surface area contributed by atoms with Gasteiger partial charge in [-0.25, -0.2) is 0 Å². The molecule has 124 valence electrons. The predicted octanol–water partition coefficient (Wildman–Crippen LogP) is 2.97. The van der Waals surface area contributed by atoms with Gasteiger partial charge < -0.3 is 10.4 Å². The molecule has 0 spiro atoms. The van der Waals surface area contributed by atoms with Crippen molar-refractivity contribution in [1.29, 1.82) is 0 Å². The van der Waals surface area contributed by atoms with Crippen LogP contribution in [0.2, 0.25) is 0 Å². The summed E-state index contributed by atoms with van der Waals surface area (Å²) in [6, 6.07) is 4.89. The van der Waals surface area contributed by atoms with Crippen molar-refractivity contribution in [3.05, 3.63) is 51.8 Å². The highest BCUT2D eigenvalue weighted by Crippen LogP contribution is 2.30. The first-order chi connectivity index (χ1) is 11.1. The monoisotopic (exact) mass is 313 g/mol. The van der Waals surface area contributed by atoms with E-state index in [1.54, 1.807) is 0 Å². The maximum absolute atomic E-state index is 9.16. The van der Waals surface area contributed by atoms with Gasteiger partial charge in [0.05, 0.1) is 19.3 Å². The number of aliphatic hydroxyl groups excluding tert-OH is 1. The third-order valence-electron chi connectivity index (χ3n) is 4.94. The number of hydrogen-bond acceptors (Lipinski definition) is 3. The van der Waals surface area contributed by atoms with Crippen molar-refractivity contribution >= 4 is 0 Å². The lowest BCUT2D eigenvalue weighted by Gasteiger charge is -2.25. The maximum atomic E-state index is 9.16. The Labute approximate surface area is 138 Å². The SMILES string of the molecule is Cc1cc(C)c(CN[C@H]2CCCc3c2cnn3CCO)c(C)c1. The molecule has 0 amide bonds. The van der Waals surface area contributed by atoms with Gasteiger partial charge in [0.1, 0.15) is 0 Å². The molecule has 0 unspecified atom stereocenters. The Balaban J connectivity index is 1.76. The summed E-state index contributed by atoms with van der Waals surface area (Å²) in [5.74, 6) is 0. The minimum Gasteiger partial charge on any atom is -0.394 e. The number of fused-ring (bicyclic) bond motifs is 1. The maximum Gasteiger partial charge on any atom is 0.0644 e. The van der Waals surface area contributed by atoms with Crippen molar-refractivity contribution in [2.45, 2.75) is 59.2 Å². The average molecular weight is 313 g/mol. The fraction of sp³-hybridized carbons (Fsp3) is 0.526. The van der Waals surface area contributed by atoms with Crippen LogP contribution in [0, 0.1) is 20.8 Å². The van der Waals surface area contributed by atoms with E-state index in [4.69, 9.17) is 5.11 Å². The number of nitrogens with zero attached hydrogens (tertiary/aromatic N) is 2. The molecule has 4 nitrogen and oxygen atoms in total. The average Bonchev–Trinajstić information content (AvgIpc) is 2.91. The number of aryl methyl sites for hydroxylation is 3. The van der Waals surface area contributed by atoms with E-state index in [-0.39, 0.29) is 6.61 Å². The van der Waals surface area contributed by atoms with Crippen LogP contribution in [0.1, 0.15) is 52.4 Å². The topological polar surface area (TPSA) is 50.1 Å². The molecule has 23 heavy (non-hydrogen) atoms. The van der Waals surface area contributed by atoms with Gasteiger partial charge in [-0.15, -0.1) is 0 Å². The van der Waals surface area contributed by atoms with Gasteiger partial charge in [0, 0.05) is 23.8 Å². The summed E-state index contributed by atoms with van der Waals surface area (Å²) in [5, 5.41) is 17.4. The Hall–Kier alpha value is -1.65. The number of aliphatic hydroxyl groups is 1. The lowest BCUT2D eigenvalue weighted by Crippen LogP contribution is -2.26. The quantitative estimate of drug-likeness (QED) is 0.892. The Kier molecular flexibility index (Phi) is 4.83. The fourth-order valence-electron chi connectivity index (χ4n) is 3.83. The van der Waals surface area contributed by atoms with Crippen LogP contribution < -0.4 is 5.32 Å². The van der Waals surface area contributed by atoms with Crippen LogP contribution in [0.5, 0.6) is 0 Å². The highest BCUT2D eigenvalue weighted by molar-refractivity contribution is 5.37. The molecule has 0 saturated carbocycles. The molecule has 2 aromatic rings. The van der Waals surface area contributed by atoms with Gasteiger partial charge in [-0.05, 0) is 56.7 Å². The van der Waals surface area contributed by atoms with Crippen molar-refractivity contribution in [3.63, 3.8) is 0 Å². The van der Waals surface area contributed by atoms with Crippen molar-refractivity contribution in [2.75, 3.05) is 6.61 Å². The molecule has 1 aromatic heterocycles. The molecular weight excluding hydrogens is 286 g/mol. The number of hydrogen-bond donors (Lipinski definition) is 2. The van der Waals surface area contributed by atoms with E-state index in [2.05, 4.69) is 43.3 Å². The molecule has 1 atom stereocenters. The first-order valence-corrected chi connectivity index (χ1v) is 8.55. The lowest BCUT2D eigenvalue weighted by molar-refractivity contribution is 0.266. The van der Waals surface area contributed by atoms with Gasteiger partial charge >= 0.3 is 0 Å². The van der Waals surface area contributed by atoms with Crippen LogP contribution in [-0.2, 0) is 19.5 Å². The highest BCUT2D eigenvalue weighted by atomic mass is 16.3. The minimum atomic E-state index is 0.147. The Morgan fingerprint density at radius 1 is 1.26 bits per heavy atom. The molecule has 1 aliphatic carbocycles. The molecule has 0 radical (unpaired) electrons. The van der Waals surface area contributed by atoms with Gasteiger partial charge in [-0.2, -0.15) is 5.10 Å². The Morgan fingerprint density at radius 3 is 2.70 bits per heavy atom. The van der Waals surface area contributed by atoms with E-state index >= 15 is 0 Å². The summed E-state index contributed by atoms with van der Waals surface area (Å²) < 4.78 is 1.96. The van der Waals surface area contributed by atoms with Crippen molar-refractivity contribution in [2.24, 2.45) is 0 Å². The normalized spacial score (nSPS) is 17.3. The standard InChI is InChI=1S/C19H27N3O/c1-13-9-14(2)16(15(3)10-13)11-20-18-5-4-6-19-17(18)12-21-22(19)7-8-23/h9-10,12,18,20,23H,4-8,11H2,1-3H3/t18-/m0/s1. The smallest absolute Gasteiger partial charge is 0.0644 e. The zero-order valence-corrected chi connectivity index (χ0v) is 14.4. The molecule has 4 heteroatoms. The predicted molar refractivity (Wildman–Crippen MR) is 92.5 cm³/mol. The van der Waals surface area contributed by atoms with Crippen molar-refractivity contribution in [1.82, 2.24) is 15.1 Å². The van der Waals surface area contributed by atoms with E-state index < -0.39 is 0 Å². The van der Waals surface area contributed by atoms with E-state index in [1.807, 2.05) is 10.9 Å². The van der Waals surface area contributed by atoms with Gasteiger partial charge in [0.2, 0.25) is 0 Å². The molecule has 0 aliphatic heterocycles. The van der Waals surface area contributed by atoms with Gasteiger partial charge in [-0.3, -0.25) is 4.68 Å². The van der Waals surface area contributed by atoms with Crippen LogP contribution in [0.15, 0.2) is 18.3 Å². The van der Waals surface area contributed by atoms with Crippen molar-refractivity contribution < 1.29 is 5.11 Å². The van der Waals surface area contributed by atoms with Gasteiger partial charge in [0.15, 0.2) is 0 Å². The molecule has 0 bridgehead atoms. The largest absolute Gasteiger partial charge is 0.394 e. The molecule has 0 saturated heterocycles. The van der Waals surface area contributed by atoms with E-state index in [0.29, 0.717) is 12.6 Å². The van der Waals surface area contributed by atoms with Crippen LogP contribution in [0.25, 0.3) is 0 Å². The van der Waals surface area contributed by atoms with E-state index in [9.17, 15) is 0 Å². The summed E-state index contributed by atoms with van der Waals surface area (Å²) in [4.78, 5) is 0. The highest BCUT2D eigenvalue weighted by Gasteiger charge is 2.24. The third kappa shape index (κ3) is 3.33. The third-order valence-corrected chi connectivity index (χ3v) is 4.94.